The Labute approximate surface area is 163 Å². The largest absolute Gasteiger partial charge is 0.489 e. The Morgan fingerprint density at radius 1 is 0.857 bits per heavy atom. The summed E-state index contributed by atoms with van der Waals surface area (Å²) in [7, 11) is 0. The van der Waals surface area contributed by atoms with Gasteiger partial charge in [0.15, 0.2) is 0 Å². The van der Waals surface area contributed by atoms with Gasteiger partial charge in [-0.15, -0.1) is 0 Å². The van der Waals surface area contributed by atoms with Gasteiger partial charge < -0.3 is 19.5 Å². The molecule has 148 valence electrons. The molecule has 0 unspecified atom stereocenters. The second-order valence-electron chi connectivity index (χ2n) is 5.71. The maximum absolute atomic E-state index is 12.4. The van der Waals surface area contributed by atoms with Crippen LogP contribution in [0, 0.1) is 0 Å². The highest BCUT2D eigenvalue weighted by molar-refractivity contribution is 6.05. The first kappa shape index (κ1) is 21.0. The summed E-state index contributed by atoms with van der Waals surface area (Å²) in [5.41, 5.74) is 1.29. The Hall–Kier alpha value is -3.35. The van der Waals surface area contributed by atoms with Crippen LogP contribution in [-0.4, -0.2) is 37.1 Å². The molecule has 0 spiro atoms. The molecular weight excluding hydrogens is 362 g/mol. The molecule has 0 fully saturated rings. The average molecular weight is 385 g/mol. The predicted molar refractivity (Wildman–Crippen MR) is 102 cm³/mol. The molecule has 2 aromatic rings. The Kier molecular flexibility index (Phi) is 8.02. The first-order valence-electron chi connectivity index (χ1n) is 8.96. The summed E-state index contributed by atoms with van der Waals surface area (Å²) < 4.78 is 15.3. The molecule has 7 nitrogen and oxygen atoms in total. The van der Waals surface area contributed by atoms with Gasteiger partial charge in [0.1, 0.15) is 12.4 Å². The third-order valence-corrected chi connectivity index (χ3v) is 3.68. The highest BCUT2D eigenvalue weighted by atomic mass is 16.6. The molecule has 1 amide bonds. The number of hydrogen-bond donors (Lipinski definition) is 1. The van der Waals surface area contributed by atoms with Crippen LogP contribution in [0.3, 0.4) is 0 Å². The van der Waals surface area contributed by atoms with Crippen LogP contribution in [0.5, 0.6) is 5.75 Å². The zero-order chi connectivity index (χ0) is 20.4. The summed E-state index contributed by atoms with van der Waals surface area (Å²) in [6.45, 7) is 3.78. The molecule has 28 heavy (non-hydrogen) atoms. The molecule has 0 saturated carbocycles. The summed E-state index contributed by atoms with van der Waals surface area (Å²) >= 11 is 0. The molecule has 0 aromatic heterocycles. The fraction of sp³-hybridized carbons (Fsp3) is 0.286. The lowest BCUT2D eigenvalue weighted by molar-refractivity contribution is -0.157. The third kappa shape index (κ3) is 6.12. The number of carbonyl (C=O) groups is 3. The first-order valence-corrected chi connectivity index (χ1v) is 8.96. The molecule has 2 rings (SSSR count). The van der Waals surface area contributed by atoms with E-state index in [-0.39, 0.29) is 18.8 Å². The maximum Gasteiger partial charge on any atom is 0.340 e. The summed E-state index contributed by atoms with van der Waals surface area (Å²) in [6.07, 6.45) is 0. The van der Waals surface area contributed by atoms with Gasteiger partial charge in [-0.05, 0) is 43.7 Å². The van der Waals surface area contributed by atoms with Crippen molar-refractivity contribution >= 4 is 17.8 Å². The third-order valence-electron chi connectivity index (χ3n) is 3.68. The second-order valence-corrected chi connectivity index (χ2v) is 5.71. The fourth-order valence-corrected chi connectivity index (χ4v) is 2.32. The van der Waals surface area contributed by atoms with Crippen LogP contribution in [0.15, 0.2) is 54.6 Å². The Morgan fingerprint density at radius 2 is 1.43 bits per heavy atom. The van der Waals surface area contributed by atoms with Crippen molar-refractivity contribution in [2.24, 2.45) is 0 Å². The van der Waals surface area contributed by atoms with Crippen LogP contribution in [0.1, 0.15) is 29.8 Å². The topological polar surface area (TPSA) is 90.9 Å². The van der Waals surface area contributed by atoms with Crippen LogP contribution >= 0.6 is 0 Å². The molecule has 0 radical (unpaired) electrons. The molecule has 0 aliphatic rings. The van der Waals surface area contributed by atoms with Gasteiger partial charge in [-0.3, -0.25) is 4.79 Å². The smallest absolute Gasteiger partial charge is 0.340 e. The van der Waals surface area contributed by atoms with Crippen molar-refractivity contribution in [3.63, 3.8) is 0 Å². The van der Waals surface area contributed by atoms with Crippen LogP contribution in [0.4, 0.5) is 0 Å². The molecule has 0 aliphatic heterocycles. The quantitative estimate of drug-likeness (QED) is 0.527. The number of nitrogens with one attached hydrogen (secondary N) is 1. The van der Waals surface area contributed by atoms with E-state index in [0.29, 0.717) is 12.4 Å². The van der Waals surface area contributed by atoms with E-state index in [1.807, 2.05) is 30.3 Å². The molecular formula is C21H23NO6. The fourth-order valence-electron chi connectivity index (χ4n) is 2.32. The van der Waals surface area contributed by atoms with Crippen molar-refractivity contribution in [1.82, 2.24) is 5.32 Å². The number of carbonyl (C=O) groups excluding carboxylic acids is 3. The molecule has 7 heteroatoms. The lowest BCUT2D eigenvalue weighted by Crippen LogP contribution is -2.48. The van der Waals surface area contributed by atoms with Gasteiger partial charge >= 0.3 is 11.9 Å². The number of benzene rings is 2. The molecule has 0 atom stereocenters. The molecule has 0 heterocycles. The van der Waals surface area contributed by atoms with E-state index in [2.05, 4.69) is 5.32 Å². The highest BCUT2D eigenvalue weighted by Crippen LogP contribution is 2.14. The SMILES string of the molecule is CCOC(=O)C(NC(=O)c1ccc(OCc2ccccc2)cc1)C(=O)OCC. The molecule has 1 N–H and O–H groups in total. The maximum atomic E-state index is 12.4. The Bertz CT molecular complexity index is 770. The number of amides is 1. The van der Waals surface area contributed by atoms with E-state index in [0.717, 1.165) is 5.56 Å². The van der Waals surface area contributed by atoms with Crippen molar-refractivity contribution in [3.8, 4) is 5.75 Å². The minimum atomic E-state index is -1.51. The van der Waals surface area contributed by atoms with Crippen LogP contribution in [0.25, 0.3) is 0 Å². The zero-order valence-electron chi connectivity index (χ0n) is 15.8. The molecule has 2 aromatic carbocycles. The monoisotopic (exact) mass is 385 g/mol. The standard InChI is InChI=1S/C21H23NO6/c1-3-26-20(24)18(21(25)27-4-2)22-19(23)16-10-12-17(13-11-16)28-14-15-8-6-5-7-9-15/h5-13,18H,3-4,14H2,1-2H3,(H,22,23). The summed E-state index contributed by atoms with van der Waals surface area (Å²) in [5, 5.41) is 2.35. The predicted octanol–water partition coefficient (Wildman–Crippen LogP) is 2.49. The van der Waals surface area contributed by atoms with Crippen molar-refractivity contribution < 1.29 is 28.6 Å². The van der Waals surface area contributed by atoms with E-state index in [9.17, 15) is 14.4 Å². The van der Waals surface area contributed by atoms with E-state index in [1.54, 1.807) is 38.1 Å². The second kappa shape index (κ2) is 10.7. The Balaban J connectivity index is 1.99. The normalized spacial score (nSPS) is 10.2. The lowest BCUT2D eigenvalue weighted by atomic mass is 10.2. The lowest BCUT2D eigenvalue weighted by Gasteiger charge is -2.16. The van der Waals surface area contributed by atoms with Gasteiger partial charge in [0, 0.05) is 5.56 Å². The molecule has 0 aliphatic carbocycles. The van der Waals surface area contributed by atoms with Crippen molar-refractivity contribution in [2.75, 3.05) is 13.2 Å². The minimum absolute atomic E-state index is 0.0814. The summed E-state index contributed by atoms with van der Waals surface area (Å²) in [6, 6.07) is 14.5. The summed E-state index contributed by atoms with van der Waals surface area (Å²) in [4.78, 5) is 36.3. The van der Waals surface area contributed by atoms with Gasteiger partial charge in [0.25, 0.3) is 5.91 Å². The molecule has 0 bridgehead atoms. The Morgan fingerprint density at radius 3 is 1.96 bits per heavy atom. The van der Waals surface area contributed by atoms with Gasteiger partial charge in [-0.1, -0.05) is 30.3 Å². The minimum Gasteiger partial charge on any atom is -0.489 e. The van der Waals surface area contributed by atoms with Crippen LogP contribution in [-0.2, 0) is 25.7 Å². The number of ether oxygens (including phenoxy) is 3. The van der Waals surface area contributed by atoms with Crippen LogP contribution < -0.4 is 10.1 Å². The van der Waals surface area contributed by atoms with E-state index < -0.39 is 23.9 Å². The van der Waals surface area contributed by atoms with Gasteiger partial charge in [-0.25, -0.2) is 9.59 Å². The van der Waals surface area contributed by atoms with Gasteiger partial charge in [0.2, 0.25) is 6.04 Å². The highest BCUT2D eigenvalue weighted by Gasteiger charge is 2.31. The van der Waals surface area contributed by atoms with E-state index >= 15 is 0 Å². The van der Waals surface area contributed by atoms with E-state index in [1.165, 1.54) is 0 Å². The van der Waals surface area contributed by atoms with Crippen LogP contribution in [0.2, 0.25) is 0 Å². The van der Waals surface area contributed by atoms with Crippen molar-refractivity contribution in [1.29, 1.82) is 0 Å². The average Bonchev–Trinajstić information content (AvgIpc) is 2.71. The van der Waals surface area contributed by atoms with E-state index in [4.69, 9.17) is 14.2 Å². The number of esters is 2. The van der Waals surface area contributed by atoms with Gasteiger partial charge in [0.05, 0.1) is 13.2 Å². The first-order chi connectivity index (χ1) is 13.5. The number of rotatable bonds is 9. The van der Waals surface area contributed by atoms with Gasteiger partial charge in [-0.2, -0.15) is 0 Å². The van der Waals surface area contributed by atoms with Crippen molar-refractivity contribution in [2.45, 2.75) is 26.5 Å². The molecule has 0 saturated heterocycles. The zero-order valence-corrected chi connectivity index (χ0v) is 15.8. The van der Waals surface area contributed by atoms with Crippen molar-refractivity contribution in [3.05, 3.63) is 65.7 Å². The number of hydrogen-bond acceptors (Lipinski definition) is 6. The summed E-state index contributed by atoms with van der Waals surface area (Å²) in [5.74, 6) is -1.73.